The van der Waals surface area contributed by atoms with Gasteiger partial charge in [-0.25, -0.2) is 14.8 Å². The number of carbonyl (C=O) groups is 1. The highest BCUT2D eigenvalue weighted by Crippen LogP contribution is 2.28. The lowest BCUT2D eigenvalue weighted by Crippen LogP contribution is -2.35. The maximum absolute atomic E-state index is 11.9. The molecule has 0 aromatic carbocycles. The molecule has 1 aromatic rings. The molecule has 0 bridgehead atoms. The molecule has 0 aliphatic carbocycles. The zero-order valence-corrected chi connectivity index (χ0v) is 13.4. The smallest absolute Gasteiger partial charge is 0.410 e. The predicted molar refractivity (Wildman–Crippen MR) is 79.1 cm³/mol. The minimum absolute atomic E-state index is 0.252. The molecule has 1 atom stereocenters. The number of halogens is 1. The zero-order chi connectivity index (χ0) is 14.8. The molecule has 7 heteroatoms. The second-order valence-electron chi connectivity index (χ2n) is 5.64. The van der Waals surface area contributed by atoms with Crippen LogP contribution in [0.25, 0.3) is 0 Å². The molecule has 5 nitrogen and oxygen atoms in total. The maximum Gasteiger partial charge on any atom is 0.410 e. The third-order valence-corrected chi connectivity index (χ3v) is 4.00. The average molecular weight is 316 g/mol. The molecule has 1 aliphatic rings. The molecular weight excluding hydrogens is 298 g/mol. The summed E-state index contributed by atoms with van der Waals surface area (Å²) in [6.45, 7) is 6.98. The third kappa shape index (κ3) is 4.52. The van der Waals surface area contributed by atoms with Crippen LogP contribution in [0.4, 0.5) is 4.79 Å². The standard InChI is InChI=1S/C13H18ClN3O2S/c1-13(2,3)19-12(18)17-5-4-10(8-17)20-11-15-6-9(14)7-16-11/h6-7,10H,4-5,8H2,1-3H3/t10-/m1/s1. The topological polar surface area (TPSA) is 55.3 Å². The first-order valence-electron chi connectivity index (χ1n) is 6.45. The van der Waals surface area contributed by atoms with Crippen molar-refractivity contribution in [1.82, 2.24) is 14.9 Å². The number of likely N-dealkylation sites (tertiary alicyclic amines) is 1. The molecule has 1 saturated heterocycles. The molecule has 0 unspecified atom stereocenters. The van der Waals surface area contributed by atoms with E-state index in [1.807, 2.05) is 20.8 Å². The third-order valence-electron chi connectivity index (χ3n) is 2.67. The van der Waals surface area contributed by atoms with Gasteiger partial charge in [0.15, 0.2) is 5.16 Å². The van der Waals surface area contributed by atoms with E-state index >= 15 is 0 Å². The molecule has 2 rings (SSSR count). The van der Waals surface area contributed by atoms with Gasteiger partial charge < -0.3 is 9.64 Å². The quantitative estimate of drug-likeness (QED) is 0.784. The number of hydrogen-bond acceptors (Lipinski definition) is 5. The van der Waals surface area contributed by atoms with Gasteiger partial charge in [0.25, 0.3) is 0 Å². The van der Waals surface area contributed by atoms with Crippen molar-refractivity contribution in [3.05, 3.63) is 17.4 Å². The van der Waals surface area contributed by atoms with Gasteiger partial charge >= 0.3 is 6.09 Å². The number of ether oxygens (including phenoxy) is 1. The Bertz CT molecular complexity index is 475. The fraction of sp³-hybridized carbons (Fsp3) is 0.615. The summed E-state index contributed by atoms with van der Waals surface area (Å²) in [6, 6.07) is 0. The first-order chi connectivity index (χ1) is 9.33. The number of rotatable bonds is 2. The van der Waals surface area contributed by atoms with Crippen LogP contribution in [0.5, 0.6) is 0 Å². The second kappa shape index (κ2) is 6.18. The lowest BCUT2D eigenvalue weighted by atomic mass is 10.2. The number of carbonyl (C=O) groups excluding carboxylic acids is 1. The number of nitrogens with zero attached hydrogens (tertiary/aromatic N) is 3. The van der Waals surface area contributed by atoms with E-state index in [1.165, 1.54) is 0 Å². The van der Waals surface area contributed by atoms with Gasteiger partial charge in [0.1, 0.15) is 5.60 Å². The van der Waals surface area contributed by atoms with Gasteiger partial charge in [-0.05, 0) is 27.2 Å². The van der Waals surface area contributed by atoms with Crippen LogP contribution in [-0.4, -0.2) is 44.9 Å². The van der Waals surface area contributed by atoms with Gasteiger partial charge in [-0.15, -0.1) is 0 Å². The van der Waals surface area contributed by atoms with Crippen molar-refractivity contribution in [3.8, 4) is 0 Å². The van der Waals surface area contributed by atoms with Gasteiger partial charge in [-0.1, -0.05) is 23.4 Å². The molecule has 0 saturated carbocycles. The van der Waals surface area contributed by atoms with Crippen LogP contribution in [0.3, 0.4) is 0 Å². The SMILES string of the molecule is CC(C)(C)OC(=O)N1CC[C@@H](Sc2ncc(Cl)cn2)C1. The molecule has 1 fully saturated rings. The average Bonchev–Trinajstić information content (AvgIpc) is 2.79. The Labute approximate surface area is 128 Å². The lowest BCUT2D eigenvalue weighted by molar-refractivity contribution is 0.0295. The van der Waals surface area contributed by atoms with E-state index in [1.54, 1.807) is 29.1 Å². The minimum Gasteiger partial charge on any atom is -0.444 e. The molecule has 0 N–H and O–H groups in total. The van der Waals surface area contributed by atoms with Crippen molar-refractivity contribution in [1.29, 1.82) is 0 Å². The van der Waals surface area contributed by atoms with E-state index in [-0.39, 0.29) is 6.09 Å². The molecule has 1 aromatic heterocycles. The number of hydrogen-bond donors (Lipinski definition) is 0. The molecule has 2 heterocycles. The van der Waals surface area contributed by atoms with E-state index in [0.717, 1.165) is 6.42 Å². The fourth-order valence-corrected chi connectivity index (χ4v) is 2.93. The summed E-state index contributed by atoms with van der Waals surface area (Å²) < 4.78 is 5.36. The zero-order valence-electron chi connectivity index (χ0n) is 11.8. The van der Waals surface area contributed by atoms with Crippen LogP contribution in [0.2, 0.25) is 5.02 Å². The Morgan fingerprint density at radius 3 is 2.70 bits per heavy atom. The van der Waals surface area contributed by atoms with Gasteiger partial charge in [0.05, 0.1) is 17.4 Å². The number of aromatic nitrogens is 2. The van der Waals surface area contributed by atoms with Gasteiger partial charge in [0, 0.05) is 18.3 Å². The predicted octanol–water partition coefficient (Wildman–Crippen LogP) is 3.23. The van der Waals surface area contributed by atoms with Crippen molar-refractivity contribution in [2.24, 2.45) is 0 Å². The highest BCUT2D eigenvalue weighted by molar-refractivity contribution is 7.99. The van der Waals surface area contributed by atoms with Gasteiger partial charge in [-0.3, -0.25) is 0 Å². The summed E-state index contributed by atoms with van der Waals surface area (Å²) in [7, 11) is 0. The van der Waals surface area contributed by atoms with Crippen LogP contribution in [0, 0.1) is 0 Å². The summed E-state index contributed by atoms with van der Waals surface area (Å²) in [5, 5.41) is 1.50. The van der Waals surface area contributed by atoms with Crippen LogP contribution >= 0.6 is 23.4 Å². The molecule has 0 spiro atoms. The van der Waals surface area contributed by atoms with Crippen molar-refractivity contribution >= 4 is 29.5 Å². The molecule has 110 valence electrons. The van der Waals surface area contributed by atoms with E-state index in [2.05, 4.69) is 9.97 Å². The second-order valence-corrected chi connectivity index (χ2v) is 7.34. The molecule has 0 radical (unpaired) electrons. The Morgan fingerprint density at radius 1 is 1.45 bits per heavy atom. The van der Waals surface area contributed by atoms with Crippen molar-refractivity contribution in [2.75, 3.05) is 13.1 Å². The Hall–Kier alpha value is -1.01. The van der Waals surface area contributed by atoms with Crippen LogP contribution in [0.1, 0.15) is 27.2 Å². The molecule has 20 heavy (non-hydrogen) atoms. The summed E-state index contributed by atoms with van der Waals surface area (Å²) >= 11 is 7.32. The highest BCUT2D eigenvalue weighted by Gasteiger charge is 2.30. The first kappa shape index (κ1) is 15.4. The Balaban J connectivity index is 1.86. The maximum atomic E-state index is 11.9. The minimum atomic E-state index is -0.457. The van der Waals surface area contributed by atoms with E-state index in [0.29, 0.717) is 28.5 Å². The van der Waals surface area contributed by atoms with Gasteiger partial charge in [-0.2, -0.15) is 0 Å². The summed E-state index contributed by atoms with van der Waals surface area (Å²) in [5.74, 6) is 0. The highest BCUT2D eigenvalue weighted by atomic mass is 35.5. The fourth-order valence-electron chi connectivity index (χ4n) is 1.83. The van der Waals surface area contributed by atoms with E-state index in [9.17, 15) is 4.79 Å². The molecule has 1 amide bonds. The Kier molecular flexibility index (Phi) is 4.75. The normalized spacial score (nSPS) is 19.2. The summed E-state index contributed by atoms with van der Waals surface area (Å²) in [4.78, 5) is 22.0. The van der Waals surface area contributed by atoms with Crippen LogP contribution in [-0.2, 0) is 4.74 Å². The van der Waals surface area contributed by atoms with Crippen LogP contribution in [0.15, 0.2) is 17.6 Å². The van der Waals surface area contributed by atoms with Gasteiger partial charge in [0.2, 0.25) is 0 Å². The first-order valence-corrected chi connectivity index (χ1v) is 7.71. The summed E-state index contributed by atoms with van der Waals surface area (Å²) in [6.07, 6.45) is 3.82. The number of amides is 1. The molecule has 1 aliphatic heterocycles. The monoisotopic (exact) mass is 315 g/mol. The van der Waals surface area contributed by atoms with Crippen molar-refractivity contribution in [2.45, 2.75) is 43.2 Å². The molecular formula is C13H18ClN3O2S. The summed E-state index contributed by atoms with van der Waals surface area (Å²) in [5.41, 5.74) is -0.457. The van der Waals surface area contributed by atoms with E-state index in [4.69, 9.17) is 16.3 Å². The number of thioether (sulfide) groups is 1. The van der Waals surface area contributed by atoms with Crippen LogP contribution < -0.4 is 0 Å². The van der Waals surface area contributed by atoms with Crippen molar-refractivity contribution in [3.63, 3.8) is 0 Å². The largest absolute Gasteiger partial charge is 0.444 e. The van der Waals surface area contributed by atoms with E-state index < -0.39 is 5.60 Å². The lowest BCUT2D eigenvalue weighted by Gasteiger charge is -2.24. The Morgan fingerprint density at radius 2 is 2.10 bits per heavy atom. The van der Waals surface area contributed by atoms with Crippen molar-refractivity contribution < 1.29 is 9.53 Å².